The van der Waals surface area contributed by atoms with Crippen LogP contribution in [-0.2, 0) is 4.79 Å². The fraction of sp³-hybridized carbons (Fsp3) is 0. The van der Waals surface area contributed by atoms with Crippen LogP contribution in [0.25, 0.3) is 0 Å². The Morgan fingerprint density at radius 2 is 2.08 bits per heavy atom. The Balaban J connectivity index is 3.22. The molecule has 0 aromatic heterocycles. The highest BCUT2D eigenvalue weighted by Gasteiger charge is 2.03. The van der Waals surface area contributed by atoms with Crippen LogP contribution in [0.4, 0.5) is 4.39 Å². The number of halogens is 1. The van der Waals surface area contributed by atoms with Gasteiger partial charge in [0.2, 0.25) is 0 Å². The summed E-state index contributed by atoms with van der Waals surface area (Å²) in [6.45, 7) is 0. The molecule has 0 atom stereocenters. The second-order valence-electron chi connectivity index (χ2n) is 2.21. The number of benzene rings is 1. The largest absolute Gasteiger partial charge is 0.298 e. The first-order valence-electron chi connectivity index (χ1n) is 3.48. The van der Waals surface area contributed by atoms with Crippen molar-refractivity contribution in [1.29, 1.82) is 0 Å². The second-order valence-corrected chi connectivity index (χ2v) is 2.21. The molecule has 0 aliphatic rings. The highest BCUT2D eigenvalue weighted by Crippen LogP contribution is 2.09. The molecule has 0 amide bonds. The fourth-order valence-electron chi connectivity index (χ4n) is 0.845. The second kappa shape index (κ2) is 4.17. The first-order valence-corrected chi connectivity index (χ1v) is 3.48. The predicted octanol–water partition coefficient (Wildman–Crippen LogP) is 1.19. The van der Waals surface area contributed by atoms with E-state index < -0.39 is 5.82 Å². The van der Waals surface area contributed by atoms with Gasteiger partial charge in [-0.25, -0.2) is 4.39 Å². The molecule has 0 N–H and O–H groups in total. The van der Waals surface area contributed by atoms with Crippen LogP contribution in [0.5, 0.6) is 0 Å². The minimum absolute atomic E-state index is 0.0525. The summed E-state index contributed by atoms with van der Waals surface area (Å²) in [7, 11) is 0. The average molecular weight is 176 g/mol. The van der Waals surface area contributed by atoms with Gasteiger partial charge in [0, 0.05) is 0 Å². The molecule has 0 fully saturated rings. The maximum Gasteiger partial charge on any atom is 0.193 e. The van der Waals surface area contributed by atoms with Gasteiger partial charge in [0.25, 0.3) is 0 Å². The highest BCUT2D eigenvalue weighted by atomic mass is 19.1. The Morgan fingerprint density at radius 1 is 1.31 bits per heavy atom. The molecule has 3 heteroatoms. The van der Waals surface area contributed by atoms with E-state index in [2.05, 4.69) is 11.8 Å². The Bertz CT molecular complexity index is 399. The van der Waals surface area contributed by atoms with E-state index in [0.29, 0.717) is 12.6 Å². The van der Waals surface area contributed by atoms with Crippen molar-refractivity contribution < 1.29 is 14.0 Å². The SMILES string of the molecule is O=CC#Cc1cccc(C=O)c1F. The third-order valence-corrected chi connectivity index (χ3v) is 1.42. The summed E-state index contributed by atoms with van der Waals surface area (Å²) in [5, 5.41) is 0. The molecule has 1 aromatic carbocycles. The lowest BCUT2D eigenvalue weighted by molar-refractivity contribution is -0.103. The van der Waals surface area contributed by atoms with Gasteiger partial charge in [0.05, 0.1) is 11.1 Å². The Labute approximate surface area is 74.4 Å². The van der Waals surface area contributed by atoms with Crippen molar-refractivity contribution in [1.82, 2.24) is 0 Å². The summed E-state index contributed by atoms with van der Waals surface area (Å²) in [6, 6.07) is 4.24. The fourth-order valence-corrected chi connectivity index (χ4v) is 0.845. The molecule has 0 spiro atoms. The molecule has 0 saturated heterocycles. The molecule has 1 rings (SSSR count). The zero-order valence-electron chi connectivity index (χ0n) is 6.58. The van der Waals surface area contributed by atoms with Crippen LogP contribution in [0, 0.1) is 17.7 Å². The summed E-state index contributed by atoms with van der Waals surface area (Å²) in [6.07, 6.45) is 0.772. The molecular formula is C10H5FO2. The number of hydrogen-bond acceptors (Lipinski definition) is 2. The summed E-state index contributed by atoms with van der Waals surface area (Å²) >= 11 is 0. The predicted molar refractivity (Wildman–Crippen MR) is 44.7 cm³/mol. The maximum absolute atomic E-state index is 13.1. The zero-order chi connectivity index (χ0) is 9.68. The van der Waals surface area contributed by atoms with Crippen LogP contribution in [-0.4, -0.2) is 12.6 Å². The zero-order valence-corrected chi connectivity index (χ0v) is 6.58. The molecule has 2 nitrogen and oxygen atoms in total. The first-order chi connectivity index (χ1) is 6.29. The van der Waals surface area contributed by atoms with Crippen LogP contribution in [0.3, 0.4) is 0 Å². The summed E-state index contributed by atoms with van der Waals surface area (Å²) in [5.74, 6) is 3.67. The molecular weight excluding hydrogens is 171 g/mol. The maximum atomic E-state index is 13.1. The van der Waals surface area contributed by atoms with Crippen molar-refractivity contribution in [3.63, 3.8) is 0 Å². The van der Waals surface area contributed by atoms with Gasteiger partial charge < -0.3 is 0 Å². The van der Waals surface area contributed by atoms with E-state index in [-0.39, 0.29) is 11.1 Å². The molecule has 0 bridgehead atoms. The van der Waals surface area contributed by atoms with Crippen LogP contribution in [0.1, 0.15) is 15.9 Å². The molecule has 0 aliphatic heterocycles. The Hall–Kier alpha value is -1.95. The van der Waals surface area contributed by atoms with Crippen molar-refractivity contribution >= 4 is 12.6 Å². The van der Waals surface area contributed by atoms with Crippen molar-refractivity contribution in [3.8, 4) is 11.8 Å². The Morgan fingerprint density at radius 3 is 2.69 bits per heavy atom. The van der Waals surface area contributed by atoms with Gasteiger partial charge in [-0.05, 0) is 18.1 Å². The lowest BCUT2D eigenvalue weighted by atomic mass is 10.1. The van der Waals surface area contributed by atoms with Crippen LogP contribution >= 0.6 is 0 Å². The van der Waals surface area contributed by atoms with Crippen LogP contribution in [0.15, 0.2) is 18.2 Å². The molecule has 0 saturated carbocycles. The summed E-state index contributed by atoms with van der Waals surface area (Å²) in [4.78, 5) is 20.2. The van der Waals surface area contributed by atoms with Crippen molar-refractivity contribution in [2.45, 2.75) is 0 Å². The molecule has 1 aromatic rings. The smallest absolute Gasteiger partial charge is 0.193 e. The van der Waals surface area contributed by atoms with Crippen LogP contribution < -0.4 is 0 Å². The van der Waals surface area contributed by atoms with Crippen molar-refractivity contribution in [2.24, 2.45) is 0 Å². The number of carbonyl (C=O) groups is 2. The average Bonchev–Trinajstić information content (AvgIpc) is 2.16. The lowest BCUT2D eigenvalue weighted by Crippen LogP contribution is -1.91. The molecule has 64 valence electrons. The number of hydrogen-bond donors (Lipinski definition) is 0. The standard InChI is InChI=1S/C10H5FO2/c11-10-8(5-2-6-12)3-1-4-9(10)7-13/h1,3-4,6-7H. The summed E-state index contributed by atoms with van der Waals surface area (Å²) in [5.41, 5.74) is -0.00519. The minimum Gasteiger partial charge on any atom is -0.298 e. The van der Waals surface area contributed by atoms with Gasteiger partial charge >= 0.3 is 0 Å². The van der Waals surface area contributed by atoms with E-state index in [1.165, 1.54) is 18.2 Å². The van der Waals surface area contributed by atoms with Gasteiger partial charge in [0.15, 0.2) is 12.6 Å². The van der Waals surface area contributed by atoms with Gasteiger partial charge in [-0.2, -0.15) is 0 Å². The van der Waals surface area contributed by atoms with Gasteiger partial charge in [0.1, 0.15) is 5.82 Å². The number of carbonyl (C=O) groups excluding carboxylic acids is 2. The van der Waals surface area contributed by atoms with E-state index in [9.17, 15) is 14.0 Å². The third kappa shape index (κ3) is 2.00. The van der Waals surface area contributed by atoms with E-state index in [4.69, 9.17) is 0 Å². The third-order valence-electron chi connectivity index (χ3n) is 1.42. The Kier molecular flexibility index (Phi) is 2.93. The van der Waals surface area contributed by atoms with E-state index >= 15 is 0 Å². The van der Waals surface area contributed by atoms with E-state index in [0.717, 1.165) is 0 Å². The number of rotatable bonds is 1. The first kappa shape index (κ1) is 9.14. The van der Waals surface area contributed by atoms with E-state index in [1.807, 2.05) is 0 Å². The molecule has 0 radical (unpaired) electrons. The molecule has 0 heterocycles. The molecule has 13 heavy (non-hydrogen) atoms. The topological polar surface area (TPSA) is 34.1 Å². The number of aldehydes is 2. The van der Waals surface area contributed by atoms with Gasteiger partial charge in [-0.3, -0.25) is 9.59 Å². The van der Waals surface area contributed by atoms with Gasteiger partial charge in [-0.15, -0.1) is 0 Å². The lowest BCUT2D eigenvalue weighted by Gasteiger charge is -1.95. The van der Waals surface area contributed by atoms with Crippen molar-refractivity contribution in [2.75, 3.05) is 0 Å². The van der Waals surface area contributed by atoms with Gasteiger partial charge in [-0.1, -0.05) is 12.0 Å². The quantitative estimate of drug-likeness (QED) is 0.475. The van der Waals surface area contributed by atoms with Crippen LogP contribution in [0.2, 0.25) is 0 Å². The minimum atomic E-state index is -0.688. The monoisotopic (exact) mass is 176 g/mol. The molecule has 0 unspecified atom stereocenters. The molecule has 0 aliphatic carbocycles. The van der Waals surface area contributed by atoms with E-state index in [1.54, 1.807) is 0 Å². The highest BCUT2D eigenvalue weighted by molar-refractivity contribution is 5.77. The normalized spacial score (nSPS) is 8.38. The summed E-state index contributed by atoms with van der Waals surface area (Å²) < 4.78 is 13.1. The van der Waals surface area contributed by atoms with Crippen molar-refractivity contribution in [3.05, 3.63) is 35.1 Å².